The van der Waals surface area contributed by atoms with Crippen LogP contribution in [0.25, 0.3) is 5.57 Å². The monoisotopic (exact) mass is 210 g/mol. The van der Waals surface area contributed by atoms with E-state index in [0.717, 1.165) is 12.8 Å². The van der Waals surface area contributed by atoms with Crippen molar-refractivity contribution in [3.05, 3.63) is 66.8 Å². The zero-order valence-corrected chi connectivity index (χ0v) is 9.82. The van der Waals surface area contributed by atoms with Crippen LogP contribution in [-0.2, 0) is 0 Å². The molecule has 1 aromatic rings. The minimum absolute atomic E-state index is 0.121. The first-order valence-electron chi connectivity index (χ1n) is 5.88. The number of rotatable bonds is 3. The van der Waals surface area contributed by atoms with Crippen LogP contribution in [0.2, 0.25) is 0 Å². The second-order valence-electron chi connectivity index (χ2n) is 4.35. The van der Waals surface area contributed by atoms with Gasteiger partial charge in [0.05, 0.1) is 0 Å². The van der Waals surface area contributed by atoms with E-state index in [0.29, 0.717) is 0 Å². The summed E-state index contributed by atoms with van der Waals surface area (Å²) in [5.41, 5.74) is 2.61. The molecule has 0 N–H and O–H groups in total. The second-order valence-corrected chi connectivity index (χ2v) is 4.35. The van der Waals surface area contributed by atoms with Gasteiger partial charge in [-0.15, -0.1) is 0 Å². The molecule has 1 aromatic carbocycles. The molecular weight excluding hydrogens is 192 g/mol. The van der Waals surface area contributed by atoms with Crippen LogP contribution < -0.4 is 0 Å². The average Bonchev–Trinajstić information content (AvgIpc) is 2.39. The van der Waals surface area contributed by atoms with Crippen LogP contribution >= 0.6 is 0 Å². The molecule has 0 nitrogen and oxygen atoms in total. The van der Waals surface area contributed by atoms with E-state index in [1.165, 1.54) is 11.1 Å². The zero-order valence-electron chi connectivity index (χ0n) is 9.82. The number of hydrogen-bond donors (Lipinski definition) is 0. The Labute approximate surface area is 98.0 Å². The van der Waals surface area contributed by atoms with Crippen LogP contribution in [-0.4, -0.2) is 0 Å². The van der Waals surface area contributed by atoms with Crippen LogP contribution in [0.5, 0.6) is 0 Å². The minimum atomic E-state index is 0.121. The topological polar surface area (TPSA) is 0 Å². The summed E-state index contributed by atoms with van der Waals surface area (Å²) in [7, 11) is 0. The molecule has 16 heavy (non-hydrogen) atoms. The van der Waals surface area contributed by atoms with Gasteiger partial charge in [-0.25, -0.2) is 0 Å². The summed E-state index contributed by atoms with van der Waals surface area (Å²) in [4.78, 5) is 0. The number of hydrogen-bond acceptors (Lipinski definition) is 0. The van der Waals surface area contributed by atoms with Gasteiger partial charge in [0.1, 0.15) is 0 Å². The third-order valence-electron chi connectivity index (χ3n) is 3.50. The second kappa shape index (κ2) is 4.52. The summed E-state index contributed by atoms with van der Waals surface area (Å²) in [6, 6.07) is 10.5. The highest BCUT2D eigenvalue weighted by Gasteiger charge is 2.28. The summed E-state index contributed by atoms with van der Waals surface area (Å²) in [6.45, 7) is 6.54. The van der Waals surface area contributed by atoms with Gasteiger partial charge in [-0.3, -0.25) is 0 Å². The molecule has 1 atom stereocenters. The van der Waals surface area contributed by atoms with Gasteiger partial charge in [0.2, 0.25) is 0 Å². The third kappa shape index (κ3) is 1.88. The predicted octanol–water partition coefficient (Wildman–Crippen LogP) is 4.61. The van der Waals surface area contributed by atoms with Gasteiger partial charge >= 0.3 is 0 Å². The Morgan fingerprint density at radius 1 is 1.25 bits per heavy atom. The Bertz CT molecular complexity index is 423. The molecule has 0 amide bonds. The number of allylic oxidation sites excluding steroid dienone is 5. The zero-order chi connectivity index (χ0) is 11.4. The molecule has 0 aliphatic heterocycles. The van der Waals surface area contributed by atoms with E-state index in [1.807, 2.05) is 6.07 Å². The van der Waals surface area contributed by atoms with E-state index in [-0.39, 0.29) is 5.41 Å². The van der Waals surface area contributed by atoms with Gasteiger partial charge in [0.25, 0.3) is 0 Å². The van der Waals surface area contributed by atoms with E-state index in [4.69, 9.17) is 0 Å². The Morgan fingerprint density at radius 3 is 2.56 bits per heavy atom. The molecule has 0 spiro atoms. The molecule has 0 radical (unpaired) electrons. The SMILES string of the molecule is C=C(c1ccccc1)C1(CC)C=CC=CC1. The van der Waals surface area contributed by atoms with Gasteiger partial charge in [-0.1, -0.05) is 68.1 Å². The lowest BCUT2D eigenvalue weighted by Crippen LogP contribution is -2.19. The van der Waals surface area contributed by atoms with E-state index in [1.54, 1.807) is 0 Å². The van der Waals surface area contributed by atoms with Crippen molar-refractivity contribution >= 4 is 5.57 Å². The van der Waals surface area contributed by atoms with Crippen molar-refractivity contribution in [2.24, 2.45) is 5.41 Å². The molecule has 82 valence electrons. The van der Waals surface area contributed by atoms with Crippen LogP contribution in [0.15, 0.2) is 61.2 Å². The maximum Gasteiger partial charge on any atom is 0.0167 e. The lowest BCUT2D eigenvalue weighted by Gasteiger charge is -2.32. The van der Waals surface area contributed by atoms with E-state index in [9.17, 15) is 0 Å². The maximum absolute atomic E-state index is 4.31. The van der Waals surface area contributed by atoms with Crippen LogP contribution in [0, 0.1) is 5.41 Å². The molecule has 0 saturated heterocycles. The molecule has 0 bridgehead atoms. The predicted molar refractivity (Wildman–Crippen MR) is 71.1 cm³/mol. The molecule has 0 aromatic heterocycles. The van der Waals surface area contributed by atoms with Gasteiger partial charge in [-0.2, -0.15) is 0 Å². The molecule has 2 rings (SSSR count). The highest BCUT2D eigenvalue weighted by molar-refractivity contribution is 5.70. The Morgan fingerprint density at radius 2 is 2.00 bits per heavy atom. The van der Waals surface area contributed by atoms with Crippen molar-refractivity contribution in [1.82, 2.24) is 0 Å². The first-order valence-corrected chi connectivity index (χ1v) is 5.88. The van der Waals surface area contributed by atoms with Crippen molar-refractivity contribution in [2.75, 3.05) is 0 Å². The third-order valence-corrected chi connectivity index (χ3v) is 3.50. The fraction of sp³-hybridized carbons (Fsp3) is 0.250. The van der Waals surface area contributed by atoms with E-state index in [2.05, 4.69) is 62.1 Å². The lowest BCUT2D eigenvalue weighted by molar-refractivity contribution is 0.496. The molecule has 0 heterocycles. The molecule has 0 fully saturated rings. The lowest BCUT2D eigenvalue weighted by atomic mass is 9.71. The maximum atomic E-state index is 4.31. The van der Waals surface area contributed by atoms with Crippen molar-refractivity contribution in [3.63, 3.8) is 0 Å². The van der Waals surface area contributed by atoms with Crippen LogP contribution in [0.1, 0.15) is 25.3 Å². The standard InChI is InChI=1S/C16H18/c1-3-16(12-8-5-9-13-16)14(2)15-10-6-4-7-11-15/h4-12H,2-3,13H2,1H3. The Hall–Kier alpha value is -1.56. The summed E-state index contributed by atoms with van der Waals surface area (Å²) in [5.74, 6) is 0. The highest BCUT2D eigenvalue weighted by atomic mass is 14.3. The first-order chi connectivity index (χ1) is 7.78. The van der Waals surface area contributed by atoms with Gasteiger partial charge in [-0.05, 0) is 24.0 Å². The molecular formula is C16H18. The van der Waals surface area contributed by atoms with Crippen molar-refractivity contribution in [3.8, 4) is 0 Å². The van der Waals surface area contributed by atoms with Gasteiger partial charge < -0.3 is 0 Å². The van der Waals surface area contributed by atoms with E-state index < -0.39 is 0 Å². The summed E-state index contributed by atoms with van der Waals surface area (Å²) in [5, 5.41) is 0. The average molecular weight is 210 g/mol. The molecule has 1 aliphatic rings. The van der Waals surface area contributed by atoms with Crippen molar-refractivity contribution in [2.45, 2.75) is 19.8 Å². The summed E-state index contributed by atoms with van der Waals surface area (Å²) in [6.07, 6.45) is 10.9. The minimum Gasteiger partial charge on any atom is -0.0943 e. The van der Waals surface area contributed by atoms with Gasteiger partial charge in [0.15, 0.2) is 0 Å². The number of benzene rings is 1. The normalized spacial score (nSPS) is 23.3. The van der Waals surface area contributed by atoms with Crippen LogP contribution in [0.4, 0.5) is 0 Å². The molecule has 0 saturated carbocycles. The molecule has 1 unspecified atom stereocenters. The quantitative estimate of drug-likeness (QED) is 0.683. The van der Waals surface area contributed by atoms with Gasteiger partial charge in [0, 0.05) is 5.41 Å². The molecule has 0 heteroatoms. The van der Waals surface area contributed by atoms with E-state index >= 15 is 0 Å². The molecule has 1 aliphatic carbocycles. The summed E-state index contributed by atoms with van der Waals surface area (Å²) < 4.78 is 0. The van der Waals surface area contributed by atoms with Crippen molar-refractivity contribution < 1.29 is 0 Å². The fourth-order valence-corrected chi connectivity index (χ4v) is 2.29. The Kier molecular flexibility index (Phi) is 3.09. The Balaban J connectivity index is 2.33. The largest absolute Gasteiger partial charge is 0.0943 e. The fourth-order valence-electron chi connectivity index (χ4n) is 2.29. The highest BCUT2D eigenvalue weighted by Crippen LogP contribution is 2.43. The van der Waals surface area contributed by atoms with Crippen molar-refractivity contribution in [1.29, 1.82) is 0 Å². The summed E-state index contributed by atoms with van der Waals surface area (Å²) >= 11 is 0. The first kappa shape index (κ1) is 10.9. The van der Waals surface area contributed by atoms with Crippen LogP contribution in [0.3, 0.4) is 0 Å². The smallest absolute Gasteiger partial charge is 0.0167 e.